The molecule has 3 heterocycles. The Hall–Kier alpha value is -1.22. The lowest BCUT2D eigenvalue weighted by Crippen LogP contribution is -2.56. The lowest BCUT2D eigenvalue weighted by Gasteiger charge is -2.61. The third-order valence-electron chi connectivity index (χ3n) is 14.7. The first-order valence-corrected chi connectivity index (χ1v) is 18.3. The molecule has 7 rings (SSSR count). The summed E-state index contributed by atoms with van der Waals surface area (Å²) in [7, 11) is 2.13. The predicted octanol–water partition coefficient (Wildman–Crippen LogP) is 4.63. The van der Waals surface area contributed by atoms with Crippen molar-refractivity contribution in [1.29, 1.82) is 0 Å². The molecule has 0 aromatic carbocycles. The van der Waals surface area contributed by atoms with Crippen LogP contribution in [0.3, 0.4) is 0 Å². The van der Waals surface area contributed by atoms with Gasteiger partial charge in [0.15, 0.2) is 5.79 Å². The fraction of sp³-hybridized carbons (Fsp3) is 0.944. The second-order valence-corrected chi connectivity index (χ2v) is 17.1. The highest BCUT2D eigenvalue weighted by Gasteiger charge is 2.69. The molecule has 0 unspecified atom stereocenters. The summed E-state index contributed by atoms with van der Waals surface area (Å²) in [6.07, 6.45) is 12.4. The van der Waals surface area contributed by atoms with Crippen molar-refractivity contribution in [1.82, 2.24) is 20.4 Å². The van der Waals surface area contributed by atoms with Crippen molar-refractivity contribution in [2.75, 3.05) is 46.5 Å². The molecule has 4 aliphatic carbocycles. The van der Waals surface area contributed by atoms with Crippen molar-refractivity contribution in [3.63, 3.8) is 0 Å². The quantitative estimate of drug-likeness (QED) is 0.441. The highest BCUT2D eigenvalue weighted by atomic mass is 16.7. The van der Waals surface area contributed by atoms with Gasteiger partial charge in [-0.1, -0.05) is 27.7 Å². The van der Waals surface area contributed by atoms with Gasteiger partial charge in [0.05, 0.1) is 19.4 Å². The Kier molecular flexibility index (Phi) is 8.41. The summed E-state index contributed by atoms with van der Waals surface area (Å²) in [5.74, 6) is 4.15. The number of hydrogen-bond acceptors (Lipinski definition) is 6. The van der Waals surface area contributed by atoms with Crippen LogP contribution in [-0.4, -0.2) is 86.0 Å². The van der Waals surface area contributed by atoms with Gasteiger partial charge < -0.3 is 25.0 Å². The minimum Gasteiger partial charge on any atom is -0.353 e. The van der Waals surface area contributed by atoms with Gasteiger partial charge in [-0.25, -0.2) is 0 Å². The number of carbonyl (C=O) groups is 2. The van der Waals surface area contributed by atoms with Crippen molar-refractivity contribution in [3.05, 3.63) is 0 Å². The van der Waals surface area contributed by atoms with Gasteiger partial charge >= 0.3 is 0 Å². The smallest absolute Gasteiger partial charge is 0.230 e. The van der Waals surface area contributed by atoms with E-state index in [0.29, 0.717) is 47.3 Å². The zero-order valence-electron chi connectivity index (χ0n) is 28.2. The van der Waals surface area contributed by atoms with Crippen LogP contribution in [0, 0.1) is 52.3 Å². The number of amides is 2. The van der Waals surface area contributed by atoms with Gasteiger partial charge in [0.25, 0.3) is 0 Å². The molecular weight excluding hydrogens is 552 g/mol. The first-order valence-electron chi connectivity index (χ1n) is 18.3. The van der Waals surface area contributed by atoms with Crippen molar-refractivity contribution < 1.29 is 19.1 Å². The summed E-state index contributed by atoms with van der Waals surface area (Å²) >= 11 is 0. The predicted molar refractivity (Wildman–Crippen MR) is 170 cm³/mol. The van der Waals surface area contributed by atoms with E-state index in [1.165, 1.54) is 44.9 Å². The van der Waals surface area contributed by atoms with E-state index in [-0.39, 0.29) is 30.1 Å². The molecule has 1 spiro atoms. The summed E-state index contributed by atoms with van der Waals surface area (Å²) in [6, 6.07) is 0.200. The number of nitrogens with zero attached hydrogens (tertiary/aromatic N) is 2. The van der Waals surface area contributed by atoms with E-state index in [2.05, 4.69) is 55.2 Å². The number of likely N-dealkylation sites (N-methyl/N-ethyl adjacent to an activating group) is 1. The number of nitrogens with one attached hydrogen (secondary N) is 2. The van der Waals surface area contributed by atoms with E-state index < -0.39 is 0 Å². The standard InChI is InChI=1S/C36H60N4O4/c1-23-8-13-36(43-21-23)24(2)33-30(44-36)19-29-27-7-6-25-18-26(9-11-34(25,3)28(27)10-12-35(29,33)4)38-32(42)20-31(41)37-22-40-16-14-39(5)15-17-40/h23-30,33H,6-22H2,1-5H3,(H,37,41)(H,38,42)/t23-,24+,25+,26+,27-,28+,29+,30+,33+,34+,35+,36-/m1/s1. The molecule has 0 radical (unpaired) electrons. The van der Waals surface area contributed by atoms with Crippen molar-refractivity contribution >= 4 is 11.8 Å². The molecule has 248 valence electrons. The number of fused-ring (bicyclic) bond motifs is 7. The molecule has 12 atom stereocenters. The molecule has 0 aromatic rings. The van der Waals surface area contributed by atoms with Gasteiger partial charge in [-0.15, -0.1) is 0 Å². The minimum atomic E-state index is -0.329. The maximum Gasteiger partial charge on any atom is 0.230 e. The topological polar surface area (TPSA) is 83.1 Å². The van der Waals surface area contributed by atoms with E-state index in [4.69, 9.17) is 9.47 Å². The average molecular weight is 613 g/mol. The monoisotopic (exact) mass is 612 g/mol. The maximum absolute atomic E-state index is 12.9. The Morgan fingerprint density at radius 2 is 1.64 bits per heavy atom. The number of ether oxygens (including phenoxy) is 2. The Morgan fingerprint density at radius 3 is 2.39 bits per heavy atom. The second kappa shape index (κ2) is 11.8. The molecule has 0 bridgehead atoms. The molecule has 3 saturated heterocycles. The lowest BCUT2D eigenvalue weighted by atomic mass is 9.44. The van der Waals surface area contributed by atoms with Gasteiger partial charge in [0.1, 0.15) is 6.42 Å². The van der Waals surface area contributed by atoms with Crippen LogP contribution in [0.2, 0.25) is 0 Å². The fourth-order valence-electron chi connectivity index (χ4n) is 12.1. The molecule has 44 heavy (non-hydrogen) atoms. The molecule has 4 saturated carbocycles. The molecule has 7 fully saturated rings. The van der Waals surface area contributed by atoms with Gasteiger partial charge in [0.2, 0.25) is 11.8 Å². The average Bonchev–Trinajstić information content (AvgIpc) is 3.44. The summed E-state index contributed by atoms with van der Waals surface area (Å²) < 4.78 is 13.5. The van der Waals surface area contributed by atoms with Crippen LogP contribution in [0.5, 0.6) is 0 Å². The van der Waals surface area contributed by atoms with Crippen LogP contribution < -0.4 is 10.6 Å². The van der Waals surface area contributed by atoms with Crippen LogP contribution in [-0.2, 0) is 19.1 Å². The van der Waals surface area contributed by atoms with Crippen LogP contribution in [0.4, 0.5) is 0 Å². The zero-order chi connectivity index (χ0) is 30.9. The highest BCUT2D eigenvalue weighted by molar-refractivity contribution is 5.96. The second-order valence-electron chi connectivity index (χ2n) is 17.1. The van der Waals surface area contributed by atoms with E-state index in [0.717, 1.165) is 69.8 Å². The highest BCUT2D eigenvalue weighted by Crippen LogP contribution is 2.71. The van der Waals surface area contributed by atoms with Crippen LogP contribution in [0.15, 0.2) is 0 Å². The zero-order valence-corrected chi connectivity index (χ0v) is 28.2. The number of carbonyl (C=O) groups excluding carboxylic acids is 2. The first kappa shape index (κ1) is 31.4. The lowest BCUT2D eigenvalue weighted by molar-refractivity contribution is -0.273. The molecule has 8 heteroatoms. The van der Waals surface area contributed by atoms with Crippen LogP contribution in [0.25, 0.3) is 0 Å². The largest absolute Gasteiger partial charge is 0.353 e. The van der Waals surface area contributed by atoms with Gasteiger partial charge in [0, 0.05) is 44.6 Å². The molecule has 8 nitrogen and oxygen atoms in total. The van der Waals surface area contributed by atoms with Crippen LogP contribution >= 0.6 is 0 Å². The normalized spacial score (nSPS) is 49.1. The molecular formula is C36H60N4O4. The van der Waals surface area contributed by atoms with Crippen molar-refractivity contribution in [2.45, 2.75) is 116 Å². The number of hydrogen-bond donors (Lipinski definition) is 2. The Bertz CT molecular complexity index is 1090. The van der Waals surface area contributed by atoms with Gasteiger partial charge in [-0.3, -0.25) is 14.5 Å². The Morgan fingerprint density at radius 1 is 0.864 bits per heavy atom. The van der Waals surface area contributed by atoms with E-state index >= 15 is 0 Å². The van der Waals surface area contributed by atoms with Gasteiger partial charge in [-0.05, 0) is 111 Å². The van der Waals surface area contributed by atoms with E-state index in [1.807, 2.05) is 0 Å². The molecule has 3 aliphatic heterocycles. The molecule has 7 aliphatic rings. The number of piperazine rings is 1. The first-order chi connectivity index (χ1) is 21.0. The molecule has 0 aromatic heterocycles. The molecule has 2 amide bonds. The third kappa shape index (κ3) is 5.35. The maximum atomic E-state index is 12.9. The SMILES string of the molecule is C[C@@H]1CC[C@@]2(OC1)O[C@H]1C[C@H]3[C@@H]4CC[C@H]5C[C@@H](NC(=O)CC(=O)NCN6CCN(C)CC6)CC[C@]5(C)[C@H]4CC[C@]3(C)[C@H]1[C@@H]2C. The minimum absolute atomic E-state index is 0.0642. The molecule has 2 N–H and O–H groups in total. The Balaban J connectivity index is 0.927. The Labute approximate surface area is 266 Å². The van der Waals surface area contributed by atoms with Crippen molar-refractivity contribution in [2.24, 2.45) is 52.3 Å². The van der Waals surface area contributed by atoms with Gasteiger partial charge in [-0.2, -0.15) is 0 Å². The van der Waals surface area contributed by atoms with Crippen molar-refractivity contribution in [3.8, 4) is 0 Å². The summed E-state index contributed by atoms with van der Waals surface area (Å²) in [5, 5.41) is 6.24. The fourth-order valence-corrected chi connectivity index (χ4v) is 12.1. The summed E-state index contributed by atoms with van der Waals surface area (Å²) in [6.45, 7) is 15.3. The van der Waals surface area contributed by atoms with E-state index in [1.54, 1.807) is 0 Å². The third-order valence-corrected chi connectivity index (χ3v) is 14.7. The number of rotatable bonds is 5. The summed E-state index contributed by atoms with van der Waals surface area (Å²) in [5.41, 5.74) is 0.722. The van der Waals surface area contributed by atoms with Crippen LogP contribution in [0.1, 0.15) is 98.3 Å². The summed E-state index contributed by atoms with van der Waals surface area (Å²) in [4.78, 5) is 30.0. The van der Waals surface area contributed by atoms with E-state index in [9.17, 15) is 9.59 Å².